The van der Waals surface area contributed by atoms with Crippen LogP contribution in [0.1, 0.15) is 92.9 Å². The molecule has 5 heteroatoms. The normalized spacial score (nSPS) is 55.0. The second kappa shape index (κ2) is 7.80. The third-order valence-corrected chi connectivity index (χ3v) is 13.4. The zero-order valence-electron chi connectivity index (χ0n) is 22.7. The predicted octanol–water partition coefficient (Wildman–Crippen LogP) is 5.03. The Morgan fingerprint density at radius 1 is 1.00 bits per heavy atom. The smallest absolute Gasteiger partial charge is 0.310 e. The van der Waals surface area contributed by atoms with Gasteiger partial charge < -0.3 is 20.4 Å². The number of carboxylic acids is 1. The largest absolute Gasteiger partial charge is 0.481 e. The van der Waals surface area contributed by atoms with Gasteiger partial charge in [-0.05, 0) is 103 Å². The van der Waals surface area contributed by atoms with Gasteiger partial charge >= 0.3 is 5.97 Å². The number of aliphatic hydroxyl groups excluding tert-OH is 3. The third-order valence-electron chi connectivity index (χ3n) is 13.4. The molecule has 0 spiro atoms. The highest BCUT2D eigenvalue weighted by atomic mass is 16.4. The van der Waals surface area contributed by atoms with Gasteiger partial charge in [0.1, 0.15) is 0 Å². The highest BCUT2D eigenvalue weighted by molar-refractivity contribution is 5.76. The number of fused-ring (bicyclic) bond motifs is 7. The van der Waals surface area contributed by atoms with Crippen LogP contribution in [0.15, 0.2) is 11.6 Å². The molecule has 0 radical (unpaired) electrons. The van der Waals surface area contributed by atoms with E-state index in [1.807, 2.05) is 0 Å². The van der Waals surface area contributed by atoms with E-state index in [0.717, 1.165) is 32.1 Å². The minimum Gasteiger partial charge on any atom is -0.481 e. The molecular weight excluding hydrogens is 440 g/mol. The van der Waals surface area contributed by atoms with Gasteiger partial charge in [0.05, 0.1) is 17.6 Å². The molecule has 0 aliphatic heterocycles. The summed E-state index contributed by atoms with van der Waals surface area (Å²) in [6.45, 7) is 13.8. The van der Waals surface area contributed by atoms with Crippen LogP contribution in [0.4, 0.5) is 0 Å². The standard InChI is InChI=1S/C30H48O5/c1-17-18(16-31)9-12-30(25(34)35)14-13-28(5)19(23(17)30)7-8-22-27(4)15-20(32)24(33)26(2,3)21(27)10-11-29(22,28)6/h7,17-18,20-24,31-33H,8-16H2,1-6H3,(H,34,35)/t17-,18-,20+,21-,22+,23-,24-,27-,28+,29+,30-/m0/s1. The van der Waals surface area contributed by atoms with Crippen LogP contribution >= 0.6 is 0 Å². The summed E-state index contributed by atoms with van der Waals surface area (Å²) in [5.74, 6) is 0.359. The van der Waals surface area contributed by atoms with Crippen LogP contribution < -0.4 is 0 Å². The first-order chi connectivity index (χ1) is 16.2. The van der Waals surface area contributed by atoms with E-state index in [0.29, 0.717) is 31.1 Å². The Labute approximate surface area is 211 Å². The molecule has 5 rings (SSSR count). The molecule has 0 saturated heterocycles. The molecule has 0 bridgehead atoms. The SMILES string of the molecule is C[C@H]1[C@H](CO)CC[C@]2(C(=O)O)CC[C@]3(C)C(=CC[C@@H]4[C@@]5(C)C[C@@H](O)[C@H](O)C(C)(C)[C@@H]5CC[C@]43C)[C@H]12. The van der Waals surface area contributed by atoms with Gasteiger partial charge in [-0.3, -0.25) is 4.79 Å². The van der Waals surface area contributed by atoms with Crippen LogP contribution in [0, 0.1) is 56.7 Å². The first-order valence-corrected chi connectivity index (χ1v) is 14.1. The fourth-order valence-electron chi connectivity index (χ4n) is 11.2. The van der Waals surface area contributed by atoms with Crippen molar-refractivity contribution in [2.24, 2.45) is 56.7 Å². The van der Waals surface area contributed by atoms with Crippen LogP contribution in [0.3, 0.4) is 0 Å². The summed E-state index contributed by atoms with van der Waals surface area (Å²) in [7, 11) is 0. The Morgan fingerprint density at radius 2 is 1.69 bits per heavy atom. The molecule has 0 aromatic carbocycles. The summed E-state index contributed by atoms with van der Waals surface area (Å²) >= 11 is 0. The molecule has 0 heterocycles. The lowest BCUT2D eigenvalue weighted by atomic mass is 9.33. The number of hydrogen-bond acceptors (Lipinski definition) is 4. The second-order valence-corrected chi connectivity index (χ2v) is 14.6. The number of rotatable bonds is 2. The molecule has 4 N–H and O–H groups in total. The molecule has 4 saturated carbocycles. The van der Waals surface area contributed by atoms with Crippen molar-refractivity contribution in [3.8, 4) is 0 Å². The monoisotopic (exact) mass is 488 g/mol. The van der Waals surface area contributed by atoms with Crippen LogP contribution in [-0.2, 0) is 4.79 Å². The Kier molecular flexibility index (Phi) is 5.73. The van der Waals surface area contributed by atoms with E-state index < -0.39 is 23.6 Å². The van der Waals surface area contributed by atoms with Crippen molar-refractivity contribution in [3.63, 3.8) is 0 Å². The number of aliphatic hydroxyl groups is 3. The summed E-state index contributed by atoms with van der Waals surface area (Å²) in [6, 6.07) is 0. The van der Waals surface area contributed by atoms with Crippen molar-refractivity contribution in [1.82, 2.24) is 0 Å². The van der Waals surface area contributed by atoms with Crippen LogP contribution in [-0.4, -0.2) is 45.2 Å². The summed E-state index contributed by atoms with van der Waals surface area (Å²) in [4.78, 5) is 12.8. The minimum absolute atomic E-state index is 0.0109. The van der Waals surface area contributed by atoms with Gasteiger partial charge in [-0.1, -0.05) is 53.2 Å². The van der Waals surface area contributed by atoms with Gasteiger partial charge in [0.25, 0.3) is 0 Å². The number of allylic oxidation sites excluding steroid dienone is 2. The number of hydrogen-bond donors (Lipinski definition) is 4. The molecule has 0 unspecified atom stereocenters. The van der Waals surface area contributed by atoms with Crippen molar-refractivity contribution >= 4 is 5.97 Å². The third kappa shape index (κ3) is 3.01. The quantitative estimate of drug-likeness (QED) is 0.409. The maximum absolute atomic E-state index is 12.8. The molecule has 35 heavy (non-hydrogen) atoms. The highest BCUT2D eigenvalue weighted by Gasteiger charge is 2.70. The Balaban J connectivity index is 1.62. The van der Waals surface area contributed by atoms with Gasteiger partial charge in [-0.25, -0.2) is 0 Å². The van der Waals surface area contributed by atoms with Gasteiger partial charge in [-0.15, -0.1) is 0 Å². The van der Waals surface area contributed by atoms with Gasteiger partial charge in [0, 0.05) is 6.61 Å². The maximum atomic E-state index is 12.8. The lowest BCUT2D eigenvalue weighted by Crippen LogP contribution is -2.67. The molecule has 0 amide bonds. The molecule has 5 aliphatic carbocycles. The molecule has 11 atom stereocenters. The minimum atomic E-state index is -0.714. The van der Waals surface area contributed by atoms with Gasteiger partial charge in [0.2, 0.25) is 0 Å². The van der Waals surface area contributed by atoms with Crippen molar-refractivity contribution in [1.29, 1.82) is 0 Å². The number of aliphatic carboxylic acids is 1. The van der Waals surface area contributed by atoms with Crippen molar-refractivity contribution in [3.05, 3.63) is 11.6 Å². The molecule has 198 valence electrons. The lowest BCUT2D eigenvalue weighted by molar-refractivity contribution is -0.232. The number of carbonyl (C=O) groups is 1. The summed E-state index contributed by atoms with van der Waals surface area (Å²) in [5, 5.41) is 42.5. The average Bonchev–Trinajstić information content (AvgIpc) is 2.78. The highest BCUT2D eigenvalue weighted by Crippen LogP contribution is 2.75. The molecule has 0 aromatic heterocycles. The van der Waals surface area contributed by atoms with E-state index >= 15 is 0 Å². The molecule has 0 aromatic rings. The van der Waals surface area contributed by atoms with E-state index in [2.05, 4.69) is 47.6 Å². The second-order valence-electron chi connectivity index (χ2n) is 14.6. The van der Waals surface area contributed by atoms with Gasteiger partial charge in [-0.2, -0.15) is 0 Å². The predicted molar refractivity (Wildman–Crippen MR) is 135 cm³/mol. The van der Waals surface area contributed by atoms with Gasteiger partial charge in [0.15, 0.2) is 0 Å². The summed E-state index contributed by atoms with van der Waals surface area (Å²) < 4.78 is 0. The summed E-state index contributed by atoms with van der Waals surface area (Å²) in [6.07, 6.45) is 7.72. The Bertz CT molecular complexity index is 926. The van der Waals surface area contributed by atoms with Crippen molar-refractivity contribution < 1.29 is 25.2 Å². The van der Waals surface area contributed by atoms with Crippen LogP contribution in [0.25, 0.3) is 0 Å². The van der Waals surface area contributed by atoms with Crippen LogP contribution in [0.5, 0.6) is 0 Å². The topological polar surface area (TPSA) is 98.0 Å². The molecule has 5 nitrogen and oxygen atoms in total. The Hall–Kier alpha value is -0.910. The summed E-state index contributed by atoms with van der Waals surface area (Å²) in [5.41, 5.74) is 0.145. The lowest BCUT2D eigenvalue weighted by Gasteiger charge is -2.71. The number of carboxylic acid groups (broad SMARTS) is 1. The fourth-order valence-corrected chi connectivity index (χ4v) is 11.2. The van der Waals surface area contributed by atoms with E-state index in [-0.39, 0.29) is 46.0 Å². The van der Waals surface area contributed by atoms with Crippen molar-refractivity contribution in [2.75, 3.05) is 6.61 Å². The van der Waals surface area contributed by atoms with E-state index in [4.69, 9.17) is 0 Å². The average molecular weight is 489 g/mol. The first-order valence-electron chi connectivity index (χ1n) is 14.1. The first kappa shape index (κ1) is 25.7. The fraction of sp³-hybridized carbons (Fsp3) is 0.900. The van der Waals surface area contributed by atoms with Crippen LogP contribution in [0.2, 0.25) is 0 Å². The van der Waals surface area contributed by atoms with Crippen molar-refractivity contribution in [2.45, 2.75) is 105 Å². The maximum Gasteiger partial charge on any atom is 0.310 e. The van der Waals surface area contributed by atoms with E-state index in [9.17, 15) is 25.2 Å². The Morgan fingerprint density at radius 3 is 2.31 bits per heavy atom. The molecule has 5 aliphatic rings. The molecule has 4 fully saturated rings. The molecular formula is C30H48O5. The zero-order chi connectivity index (χ0) is 25.8. The van der Waals surface area contributed by atoms with E-state index in [1.165, 1.54) is 5.57 Å². The van der Waals surface area contributed by atoms with E-state index in [1.54, 1.807) is 0 Å². The zero-order valence-corrected chi connectivity index (χ0v) is 22.7.